The van der Waals surface area contributed by atoms with E-state index >= 15 is 0 Å². The minimum atomic E-state index is 0.962. The minimum Gasteiger partial charge on any atom is -0.224 e. The Morgan fingerprint density at radius 1 is 0.944 bits per heavy atom. The van der Waals surface area contributed by atoms with Crippen molar-refractivity contribution in [2.24, 2.45) is 7.05 Å². The van der Waals surface area contributed by atoms with Gasteiger partial charge in [-0.3, -0.25) is 0 Å². The quantitative estimate of drug-likeness (QED) is 0.493. The van der Waals surface area contributed by atoms with E-state index in [0.717, 1.165) is 16.9 Å². The SMILES string of the molecule is C[n+]1[c-]c(-c2ccccc2)n(-c2ccccc2)n1. The summed E-state index contributed by atoms with van der Waals surface area (Å²) < 4.78 is 3.60. The Morgan fingerprint density at radius 2 is 1.56 bits per heavy atom. The van der Waals surface area contributed by atoms with Gasteiger partial charge >= 0.3 is 0 Å². The molecule has 1 heterocycles. The van der Waals surface area contributed by atoms with Crippen molar-refractivity contribution in [3.05, 3.63) is 66.9 Å². The van der Waals surface area contributed by atoms with E-state index in [4.69, 9.17) is 0 Å². The summed E-state index contributed by atoms with van der Waals surface area (Å²) in [4.78, 5) is 0. The van der Waals surface area contributed by atoms with Gasteiger partial charge in [0, 0.05) is 11.9 Å². The summed E-state index contributed by atoms with van der Waals surface area (Å²) in [7, 11) is 1.88. The average Bonchev–Trinajstić information content (AvgIpc) is 2.83. The smallest absolute Gasteiger partial charge is 0.152 e. The molecule has 0 unspecified atom stereocenters. The van der Waals surface area contributed by atoms with Crippen LogP contribution in [0.4, 0.5) is 0 Å². The normalized spacial score (nSPS) is 10.5. The number of benzene rings is 2. The second-order valence-electron chi connectivity index (χ2n) is 4.09. The van der Waals surface area contributed by atoms with E-state index in [2.05, 4.69) is 23.5 Å². The average molecular weight is 235 g/mol. The lowest BCUT2D eigenvalue weighted by atomic mass is 10.1. The Balaban J connectivity index is 2.17. The van der Waals surface area contributed by atoms with Gasteiger partial charge in [0.25, 0.3) is 0 Å². The van der Waals surface area contributed by atoms with E-state index in [1.54, 1.807) is 4.68 Å². The summed E-state index contributed by atoms with van der Waals surface area (Å²) in [6.07, 6.45) is 3.23. The van der Waals surface area contributed by atoms with Gasteiger partial charge < -0.3 is 0 Å². The number of hydrogen-bond donors (Lipinski definition) is 0. The standard InChI is InChI=1S/C15H13N3/c1-17-12-15(13-8-4-2-5-9-13)18(16-17)14-10-6-3-7-11-14/h2-11H,1H3. The van der Waals surface area contributed by atoms with Gasteiger partial charge in [-0.1, -0.05) is 36.4 Å². The predicted octanol–water partition coefficient (Wildman–Crippen LogP) is 2.16. The zero-order valence-electron chi connectivity index (χ0n) is 10.1. The first-order valence-corrected chi connectivity index (χ1v) is 5.84. The molecule has 0 aliphatic rings. The molecule has 2 aromatic carbocycles. The fourth-order valence-electron chi connectivity index (χ4n) is 1.93. The molecule has 3 aromatic rings. The number of hydrogen-bond acceptors (Lipinski definition) is 1. The Bertz CT molecular complexity index is 585. The van der Waals surface area contributed by atoms with Crippen LogP contribution in [-0.4, -0.2) is 9.90 Å². The lowest BCUT2D eigenvalue weighted by Gasteiger charge is -2.06. The maximum Gasteiger partial charge on any atom is 0.152 e. The molecule has 0 fully saturated rings. The van der Waals surface area contributed by atoms with E-state index in [0.29, 0.717) is 0 Å². The molecule has 0 radical (unpaired) electrons. The third-order valence-corrected chi connectivity index (χ3v) is 2.75. The molecule has 0 aliphatic heterocycles. The summed E-state index contributed by atoms with van der Waals surface area (Å²) >= 11 is 0. The molecule has 0 atom stereocenters. The van der Waals surface area contributed by atoms with Gasteiger partial charge in [-0.05, 0) is 12.1 Å². The molecule has 0 amide bonds. The summed E-state index contributed by atoms with van der Waals surface area (Å²) in [6.45, 7) is 0. The van der Waals surface area contributed by atoms with E-state index in [1.165, 1.54) is 0 Å². The first kappa shape index (κ1) is 10.7. The third kappa shape index (κ3) is 1.91. The van der Waals surface area contributed by atoms with Crippen molar-refractivity contribution in [3.63, 3.8) is 0 Å². The highest BCUT2D eigenvalue weighted by atomic mass is 15.5. The first-order chi connectivity index (χ1) is 8.84. The highest BCUT2D eigenvalue weighted by Gasteiger charge is 2.09. The molecule has 88 valence electrons. The largest absolute Gasteiger partial charge is 0.224 e. The highest BCUT2D eigenvalue weighted by molar-refractivity contribution is 5.59. The van der Waals surface area contributed by atoms with E-state index < -0.39 is 0 Å². The lowest BCUT2D eigenvalue weighted by Crippen LogP contribution is -2.30. The molecular formula is C15H13N3. The Morgan fingerprint density at radius 3 is 2.22 bits per heavy atom. The maximum atomic E-state index is 4.44. The molecule has 0 saturated heterocycles. The molecule has 0 saturated carbocycles. The zero-order chi connectivity index (χ0) is 12.4. The molecule has 0 bridgehead atoms. The van der Waals surface area contributed by atoms with Crippen molar-refractivity contribution in [2.75, 3.05) is 0 Å². The number of para-hydroxylation sites is 1. The van der Waals surface area contributed by atoms with Crippen LogP contribution in [0.1, 0.15) is 0 Å². The Kier molecular flexibility index (Phi) is 2.65. The second-order valence-corrected chi connectivity index (χ2v) is 4.09. The van der Waals surface area contributed by atoms with Crippen LogP contribution in [0.25, 0.3) is 16.9 Å². The van der Waals surface area contributed by atoms with E-state index in [-0.39, 0.29) is 0 Å². The molecule has 1 aromatic heterocycles. The van der Waals surface area contributed by atoms with Crippen molar-refractivity contribution < 1.29 is 4.68 Å². The van der Waals surface area contributed by atoms with Gasteiger partial charge in [0.05, 0.1) is 12.3 Å². The van der Waals surface area contributed by atoms with Gasteiger partial charge in [-0.15, -0.1) is 22.4 Å². The lowest BCUT2D eigenvalue weighted by molar-refractivity contribution is -0.735. The van der Waals surface area contributed by atoms with Crippen LogP contribution in [0, 0.1) is 6.20 Å². The number of aryl methyl sites for hydroxylation is 1. The topological polar surface area (TPSA) is 21.7 Å². The Hall–Kier alpha value is -2.42. The second kappa shape index (κ2) is 4.45. The molecule has 3 rings (SSSR count). The fraction of sp³-hybridized carbons (Fsp3) is 0.0667. The van der Waals surface area contributed by atoms with Crippen molar-refractivity contribution in [1.29, 1.82) is 0 Å². The first-order valence-electron chi connectivity index (χ1n) is 5.84. The number of nitrogens with zero attached hydrogens (tertiary/aromatic N) is 3. The predicted molar refractivity (Wildman–Crippen MR) is 69.0 cm³/mol. The van der Waals surface area contributed by atoms with Gasteiger partial charge in [-0.25, -0.2) is 4.68 Å². The number of rotatable bonds is 2. The third-order valence-electron chi connectivity index (χ3n) is 2.75. The van der Waals surface area contributed by atoms with Gasteiger partial charge in [0.2, 0.25) is 0 Å². The van der Waals surface area contributed by atoms with Crippen molar-refractivity contribution >= 4 is 0 Å². The zero-order valence-corrected chi connectivity index (χ0v) is 10.1. The van der Waals surface area contributed by atoms with Crippen LogP contribution >= 0.6 is 0 Å². The van der Waals surface area contributed by atoms with Crippen LogP contribution in [-0.2, 0) is 7.05 Å². The molecule has 18 heavy (non-hydrogen) atoms. The van der Waals surface area contributed by atoms with Crippen LogP contribution in [0.2, 0.25) is 0 Å². The summed E-state index contributed by atoms with van der Waals surface area (Å²) in [5.41, 5.74) is 3.10. The Labute approximate surface area is 106 Å². The van der Waals surface area contributed by atoms with Crippen LogP contribution in [0.15, 0.2) is 60.7 Å². The van der Waals surface area contributed by atoms with Gasteiger partial charge in [-0.2, -0.15) is 0 Å². The molecule has 0 aliphatic carbocycles. The van der Waals surface area contributed by atoms with Crippen LogP contribution < -0.4 is 4.68 Å². The van der Waals surface area contributed by atoms with Gasteiger partial charge in [0.15, 0.2) is 5.69 Å². The van der Waals surface area contributed by atoms with E-state index in [9.17, 15) is 0 Å². The van der Waals surface area contributed by atoms with Crippen molar-refractivity contribution in [2.45, 2.75) is 0 Å². The summed E-state index contributed by atoms with van der Waals surface area (Å²) in [5.74, 6) is 0. The number of aromatic nitrogens is 3. The highest BCUT2D eigenvalue weighted by Crippen LogP contribution is 2.19. The van der Waals surface area contributed by atoms with Crippen LogP contribution in [0.5, 0.6) is 0 Å². The molecular weight excluding hydrogens is 222 g/mol. The molecule has 3 nitrogen and oxygen atoms in total. The maximum absolute atomic E-state index is 4.44. The van der Waals surface area contributed by atoms with Crippen LogP contribution in [0.3, 0.4) is 0 Å². The van der Waals surface area contributed by atoms with Crippen molar-refractivity contribution in [3.8, 4) is 16.9 Å². The summed E-state index contributed by atoms with van der Waals surface area (Å²) in [5, 5.41) is 4.44. The molecule has 3 heteroatoms. The minimum absolute atomic E-state index is 0.962. The summed E-state index contributed by atoms with van der Waals surface area (Å²) in [6, 6.07) is 20.3. The van der Waals surface area contributed by atoms with Gasteiger partial charge in [0.1, 0.15) is 0 Å². The molecule has 0 N–H and O–H groups in total. The molecule has 0 spiro atoms. The fourth-order valence-corrected chi connectivity index (χ4v) is 1.93. The van der Waals surface area contributed by atoms with Crippen molar-refractivity contribution in [1.82, 2.24) is 9.90 Å². The van der Waals surface area contributed by atoms with E-state index in [1.807, 2.05) is 60.3 Å². The monoisotopic (exact) mass is 235 g/mol.